The van der Waals surface area contributed by atoms with Crippen molar-refractivity contribution in [3.05, 3.63) is 12.3 Å². The quantitative estimate of drug-likeness (QED) is 0.432. The molecule has 0 spiro atoms. The van der Waals surface area contributed by atoms with Crippen molar-refractivity contribution in [2.24, 2.45) is 0 Å². The Hall–Kier alpha value is -0.500. The fourth-order valence-electron chi connectivity index (χ4n) is 0.401. The van der Waals surface area contributed by atoms with E-state index in [4.69, 9.17) is 0 Å². The first-order valence-electron chi connectivity index (χ1n) is 3.47. The van der Waals surface area contributed by atoms with Gasteiger partial charge in [0.2, 0.25) is 0 Å². The second-order valence-corrected chi connectivity index (χ2v) is 2.01. The zero-order chi connectivity index (χ0) is 7.11. The maximum atomic E-state index is 3.77. The lowest BCUT2D eigenvalue weighted by Crippen LogP contribution is -2.30. The fourth-order valence-corrected chi connectivity index (χ4v) is 0.401. The zero-order valence-electron chi connectivity index (χ0n) is 6.33. The van der Waals surface area contributed by atoms with Crippen LogP contribution >= 0.6 is 0 Å². The Labute approximate surface area is 57.3 Å². The van der Waals surface area contributed by atoms with Crippen molar-refractivity contribution < 1.29 is 0 Å². The summed E-state index contributed by atoms with van der Waals surface area (Å²) in [5.74, 6) is 0. The van der Waals surface area contributed by atoms with Gasteiger partial charge < -0.3 is 5.43 Å². The standard InChI is InChI=1S/C7H16N2/c1-4-6-8-9-7(3)5-2/h8-9H,3-6H2,1-2H3. The highest BCUT2D eigenvalue weighted by Gasteiger charge is 1.83. The van der Waals surface area contributed by atoms with Crippen molar-refractivity contribution in [2.45, 2.75) is 26.7 Å². The molecule has 0 saturated carbocycles. The molecule has 0 fully saturated rings. The van der Waals surface area contributed by atoms with Gasteiger partial charge in [0.25, 0.3) is 0 Å². The first-order chi connectivity index (χ1) is 4.31. The molecule has 0 aliphatic heterocycles. The van der Waals surface area contributed by atoms with E-state index in [1.54, 1.807) is 0 Å². The van der Waals surface area contributed by atoms with E-state index in [0.29, 0.717) is 0 Å². The second-order valence-electron chi connectivity index (χ2n) is 2.01. The number of allylic oxidation sites excluding steroid dienone is 1. The van der Waals surface area contributed by atoms with Gasteiger partial charge in [-0.15, -0.1) is 0 Å². The predicted octanol–water partition coefficient (Wildman–Crippen LogP) is 1.41. The van der Waals surface area contributed by atoms with E-state index in [9.17, 15) is 0 Å². The van der Waals surface area contributed by atoms with Crippen LogP contribution in [-0.2, 0) is 0 Å². The molecule has 2 heteroatoms. The molecule has 0 aromatic rings. The van der Waals surface area contributed by atoms with E-state index in [0.717, 1.165) is 25.1 Å². The van der Waals surface area contributed by atoms with Crippen LogP contribution in [-0.4, -0.2) is 6.54 Å². The lowest BCUT2D eigenvalue weighted by molar-refractivity contribution is 0.582. The van der Waals surface area contributed by atoms with Gasteiger partial charge in [0.1, 0.15) is 0 Å². The summed E-state index contributed by atoms with van der Waals surface area (Å²) in [6, 6.07) is 0. The average Bonchev–Trinajstić information content (AvgIpc) is 1.89. The molecule has 0 heterocycles. The molecule has 0 rings (SSSR count). The maximum Gasteiger partial charge on any atom is 0.0187 e. The number of hydrogen-bond acceptors (Lipinski definition) is 2. The van der Waals surface area contributed by atoms with Crippen LogP contribution in [0.15, 0.2) is 12.3 Å². The van der Waals surface area contributed by atoms with Crippen LogP contribution in [0.4, 0.5) is 0 Å². The molecule has 0 saturated heterocycles. The summed E-state index contributed by atoms with van der Waals surface area (Å²) in [6.07, 6.45) is 2.13. The molecule has 2 N–H and O–H groups in total. The number of nitrogens with one attached hydrogen (secondary N) is 2. The molecule has 0 atom stereocenters. The van der Waals surface area contributed by atoms with Crippen LogP contribution < -0.4 is 10.9 Å². The molecule has 0 aliphatic rings. The molecule has 2 nitrogen and oxygen atoms in total. The molecule has 0 aliphatic carbocycles. The van der Waals surface area contributed by atoms with E-state index >= 15 is 0 Å². The van der Waals surface area contributed by atoms with Gasteiger partial charge in [-0.05, 0) is 12.8 Å². The Bertz CT molecular complexity index is 79.0. The van der Waals surface area contributed by atoms with Crippen molar-refractivity contribution in [1.82, 2.24) is 10.9 Å². The van der Waals surface area contributed by atoms with Crippen LogP contribution in [0.1, 0.15) is 26.7 Å². The number of rotatable bonds is 5. The first kappa shape index (κ1) is 8.50. The minimum absolute atomic E-state index is 0.983. The SMILES string of the molecule is C=C(CC)NNCCC. The third-order valence-corrected chi connectivity index (χ3v) is 1.07. The summed E-state index contributed by atoms with van der Waals surface area (Å²) < 4.78 is 0. The molecular formula is C7H16N2. The lowest BCUT2D eigenvalue weighted by Gasteiger charge is -2.06. The first-order valence-corrected chi connectivity index (χ1v) is 3.47. The number of hydrazine groups is 1. The van der Waals surface area contributed by atoms with E-state index in [1.165, 1.54) is 0 Å². The smallest absolute Gasteiger partial charge is 0.0187 e. The van der Waals surface area contributed by atoms with Gasteiger partial charge >= 0.3 is 0 Å². The highest BCUT2D eigenvalue weighted by Crippen LogP contribution is 1.85. The summed E-state index contributed by atoms with van der Waals surface area (Å²) in [7, 11) is 0. The monoisotopic (exact) mass is 128 g/mol. The Morgan fingerprint density at radius 3 is 2.56 bits per heavy atom. The van der Waals surface area contributed by atoms with Gasteiger partial charge in [-0.25, -0.2) is 5.43 Å². The van der Waals surface area contributed by atoms with Crippen LogP contribution in [0.25, 0.3) is 0 Å². The van der Waals surface area contributed by atoms with Gasteiger partial charge in [-0.3, -0.25) is 0 Å². The van der Waals surface area contributed by atoms with Crippen molar-refractivity contribution >= 4 is 0 Å². The van der Waals surface area contributed by atoms with Gasteiger partial charge in [0.05, 0.1) is 0 Å². The molecule has 0 aromatic heterocycles. The minimum atomic E-state index is 0.983. The molecule has 0 aromatic carbocycles. The van der Waals surface area contributed by atoms with Gasteiger partial charge in [-0.1, -0.05) is 20.4 Å². The van der Waals surface area contributed by atoms with Crippen molar-refractivity contribution in [3.8, 4) is 0 Å². The molecule has 0 bridgehead atoms. The molecule has 0 radical (unpaired) electrons. The molecular weight excluding hydrogens is 112 g/mol. The summed E-state index contributed by atoms with van der Waals surface area (Å²) >= 11 is 0. The Morgan fingerprint density at radius 2 is 2.11 bits per heavy atom. The Morgan fingerprint density at radius 1 is 1.44 bits per heavy atom. The predicted molar refractivity (Wildman–Crippen MR) is 40.9 cm³/mol. The zero-order valence-corrected chi connectivity index (χ0v) is 6.33. The summed E-state index contributed by atoms with van der Waals surface area (Å²) in [5.41, 5.74) is 7.07. The summed E-state index contributed by atoms with van der Waals surface area (Å²) in [5, 5.41) is 0. The fraction of sp³-hybridized carbons (Fsp3) is 0.714. The highest BCUT2D eigenvalue weighted by atomic mass is 15.3. The summed E-state index contributed by atoms with van der Waals surface area (Å²) in [6.45, 7) is 8.97. The third-order valence-electron chi connectivity index (χ3n) is 1.07. The average molecular weight is 128 g/mol. The van der Waals surface area contributed by atoms with E-state index in [2.05, 4.69) is 31.3 Å². The summed E-state index contributed by atoms with van der Waals surface area (Å²) in [4.78, 5) is 0. The van der Waals surface area contributed by atoms with Gasteiger partial charge in [0, 0.05) is 12.2 Å². The van der Waals surface area contributed by atoms with Crippen LogP contribution in [0.5, 0.6) is 0 Å². The molecule has 9 heavy (non-hydrogen) atoms. The Balaban J connectivity index is 2.97. The Kier molecular flexibility index (Phi) is 5.32. The third kappa shape index (κ3) is 5.37. The molecule has 0 amide bonds. The van der Waals surface area contributed by atoms with Crippen LogP contribution in [0.3, 0.4) is 0 Å². The van der Waals surface area contributed by atoms with Gasteiger partial charge in [0.15, 0.2) is 0 Å². The molecule has 54 valence electrons. The van der Waals surface area contributed by atoms with Crippen molar-refractivity contribution in [3.63, 3.8) is 0 Å². The van der Waals surface area contributed by atoms with Gasteiger partial charge in [-0.2, -0.15) is 0 Å². The maximum absolute atomic E-state index is 3.77. The molecule has 0 unspecified atom stereocenters. The largest absolute Gasteiger partial charge is 0.326 e. The van der Waals surface area contributed by atoms with Crippen LogP contribution in [0.2, 0.25) is 0 Å². The van der Waals surface area contributed by atoms with Crippen molar-refractivity contribution in [2.75, 3.05) is 6.54 Å². The second kappa shape index (κ2) is 5.63. The minimum Gasteiger partial charge on any atom is -0.326 e. The van der Waals surface area contributed by atoms with Crippen LogP contribution in [0, 0.1) is 0 Å². The van der Waals surface area contributed by atoms with E-state index < -0.39 is 0 Å². The number of hydrogen-bond donors (Lipinski definition) is 2. The normalized spacial score (nSPS) is 9.11. The van der Waals surface area contributed by atoms with E-state index in [-0.39, 0.29) is 0 Å². The van der Waals surface area contributed by atoms with E-state index in [1.807, 2.05) is 0 Å². The highest BCUT2D eigenvalue weighted by molar-refractivity contribution is 4.86. The van der Waals surface area contributed by atoms with Crippen molar-refractivity contribution in [1.29, 1.82) is 0 Å². The topological polar surface area (TPSA) is 24.1 Å². The lowest BCUT2D eigenvalue weighted by atomic mass is 10.4.